The zero-order valence-electron chi connectivity index (χ0n) is 15.9. The summed E-state index contributed by atoms with van der Waals surface area (Å²) in [5.74, 6) is 0.759. The van der Waals surface area contributed by atoms with Crippen LogP contribution < -0.4 is 5.73 Å². The monoisotopic (exact) mass is 326 g/mol. The molecule has 0 amide bonds. The summed E-state index contributed by atoms with van der Waals surface area (Å²) in [6, 6.07) is 0. The van der Waals surface area contributed by atoms with Crippen molar-refractivity contribution in [1.29, 1.82) is 0 Å². The molecule has 0 radical (unpaired) electrons. The lowest BCUT2D eigenvalue weighted by atomic mass is 9.87. The highest BCUT2D eigenvalue weighted by Gasteiger charge is 2.20. The first-order chi connectivity index (χ1) is 11.3. The predicted molar refractivity (Wildman–Crippen MR) is 101 cm³/mol. The molecule has 0 aliphatic heterocycles. The first-order valence-electron chi connectivity index (χ1n) is 10.3. The molecule has 1 rings (SSSR count). The van der Waals surface area contributed by atoms with Crippen LogP contribution in [0, 0.1) is 5.92 Å². The molecular weight excluding hydrogens is 284 g/mol. The maximum absolute atomic E-state index is 6.03. The molecule has 0 aromatic heterocycles. The Morgan fingerprint density at radius 2 is 1.48 bits per heavy atom. The zero-order valence-corrected chi connectivity index (χ0v) is 15.9. The van der Waals surface area contributed by atoms with Crippen LogP contribution in [0.1, 0.15) is 84.0 Å². The van der Waals surface area contributed by atoms with Crippen molar-refractivity contribution in [3.8, 4) is 0 Å². The van der Waals surface area contributed by atoms with E-state index in [1.807, 2.05) is 0 Å². The van der Waals surface area contributed by atoms with Crippen molar-refractivity contribution in [3.63, 3.8) is 0 Å². The van der Waals surface area contributed by atoms with E-state index >= 15 is 0 Å². The van der Waals surface area contributed by atoms with E-state index in [4.69, 9.17) is 10.5 Å². The van der Waals surface area contributed by atoms with Gasteiger partial charge in [-0.2, -0.15) is 0 Å². The van der Waals surface area contributed by atoms with Gasteiger partial charge in [0, 0.05) is 6.61 Å². The summed E-state index contributed by atoms with van der Waals surface area (Å²) in [6.45, 7) is 6.64. The number of nitrogens with zero attached hydrogens (tertiary/aromatic N) is 1. The number of rotatable bonds is 14. The Morgan fingerprint density at radius 3 is 2.13 bits per heavy atom. The van der Waals surface area contributed by atoms with Gasteiger partial charge >= 0.3 is 0 Å². The van der Waals surface area contributed by atoms with E-state index in [0.717, 1.165) is 19.1 Å². The van der Waals surface area contributed by atoms with Crippen molar-refractivity contribution in [2.75, 3.05) is 33.3 Å². The second kappa shape index (κ2) is 14.2. The summed E-state index contributed by atoms with van der Waals surface area (Å²) in [5.41, 5.74) is 5.73. The van der Waals surface area contributed by atoms with Gasteiger partial charge in [-0.25, -0.2) is 0 Å². The van der Waals surface area contributed by atoms with E-state index in [1.165, 1.54) is 90.1 Å². The lowest BCUT2D eigenvalue weighted by Gasteiger charge is -2.27. The Bertz CT molecular complexity index is 252. The van der Waals surface area contributed by atoms with Gasteiger partial charge in [0.25, 0.3) is 0 Å². The highest BCUT2D eigenvalue weighted by atomic mass is 16.5. The highest BCUT2D eigenvalue weighted by molar-refractivity contribution is 4.73. The van der Waals surface area contributed by atoms with Gasteiger partial charge in [-0.3, -0.25) is 0 Å². The maximum atomic E-state index is 6.03. The van der Waals surface area contributed by atoms with Gasteiger partial charge in [0.2, 0.25) is 0 Å². The van der Waals surface area contributed by atoms with Crippen LogP contribution in [0.2, 0.25) is 0 Å². The van der Waals surface area contributed by atoms with Crippen molar-refractivity contribution in [2.24, 2.45) is 11.7 Å². The van der Waals surface area contributed by atoms with Crippen molar-refractivity contribution in [3.05, 3.63) is 0 Å². The molecule has 1 aliphatic carbocycles. The Kier molecular flexibility index (Phi) is 13.0. The van der Waals surface area contributed by atoms with Crippen LogP contribution in [0.5, 0.6) is 0 Å². The maximum Gasteiger partial charge on any atom is 0.0575 e. The Balaban J connectivity index is 1.81. The Labute approximate surface area is 145 Å². The third-order valence-corrected chi connectivity index (χ3v) is 5.31. The molecule has 3 heteroatoms. The Morgan fingerprint density at radius 1 is 0.870 bits per heavy atom. The summed E-state index contributed by atoms with van der Waals surface area (Å²) in [6.07, 6.45) is 16.2. The molecule has 138 valence electrons. The van der Waals surface area contributed by atoms with Crippen molar-refractivity contribution in [1.82, 2.24) is 4.90 Å². The lowest BCUT2D eigenvalue weighted by Crippen LogP contribution is -2.26. The van der Waals surface area contributed by atoms with Gasteiger partial charge in [0.1, 0.15) is 0 Å². The Hall–Kier alpha value is -0.120. The normalized spacial score (nSPS) is 21.9. The molecule has 0 aromatic carbocycles. The fourth-order valence-electron chi connectivity index (χ4n) is 3.54. The average Bonchev–Trinajstić information content (AvgIpc) is 2.58. The van der Waals surface area contributed by atoms with Crippen LogP contribution in [0.15, 0.2) is 0 Å². The molecule has 0 atom stereocenters. The number of unbranched alkanes of at least 4 members (excludes halogenated alkanes) is 6. The fourth-order valence-corrected chi connectivity index (χ4v) is 3.54. The van der Waals surface area contributed by atoms with E-state index in [1.54, 1.807) is 0 Å². The van der Waals surface area contributed by atoms with Crippen molar-refractivity contribution in [2.45, 2.75) is 90.1 Å². The SMILES string of the molecule is CCCCCN(C)CCCCCCCOC1CCC(CN)CC1. The van der Waals surface area contributed by atoms with Crippen LogP contribution >= 0.6 is 0 Å². The molecule has 2 N–H and O–H groups in total. The standard InChI is InChI=1S/C20H42N2O/c1-3-4-8-15-22(2)16-9-6-5-7-10-17-23-20-13-11-19(18-21)12-14-20/h19-20H,3-18,21H2,1-2H3. The van der Waals surface area contributed by atoms with Gasteiger partial charge in [0.15, 0.2) is 0 Å². The number of ether oxygens (including phenoxy) is 1. The minimum absolute atomic E-state index is 0.523. The molecule has 0 spiro atoms. The zero-order chi connectivity index (χ0) is 16.8. The van der Waals surface area contributed by atoms with Crippen LogP contribution in [0.4, 0.5) is 0 Å². The molecule has 3 nitrogen and oxygen atoms in total. The molecule has 1 saturated carbocycles. The first kappa shape index (κ1) is 20.9. The quantitative estimate of drug-likeness (QED) is 0.474. The molecule has 0 unspecified atom stereocenters. The van der Waals surface area contributed by atoms with Gasteiger partial charge in [-0.15, -0.1) is 0 Å². The second-order valence-corrected chi connectivity index (χ2v) is 7.53. The third kappa shape index (κ3) is 11.1. The molecule has 1 fully saturated rings. The number of hydrogen-bond donors (Lipinski definition) is 1. The minimum atomic E-state index is 0.523. The van der Waals surface area contributed by atoms with E-state index in [2.05, 4.69) is 18.9 Å². The highest BCUT2D eigenvalue weighted by Crippen LogP contribution is 2.25. The van der Waals surface area contributed by atoms with Gasteiger partial charge in [-0.05, 0) is 77.5 Å². The molecule has 0 saturated heterocycles. The fraction of sp³-hybridized carbons (Fsp3) is 1.00. The smallest absolute Gasteiger partial charge is 0.0575 e. The molecule has 0 bridgehead atoms. The second-order valence-electron chi connectivity index (χ2n) is 7.53. The van der Waals surface area contributed by atoms with Crippen molar-refractivity contribution < 1.29 is 4.74 Å². The van der Waals surface area contributed by atoms with Crippen LogP contribution in [-0.2, 0) is 4.74 Å². The van der Waals surface area contributed by atoms with Crippen LogP contribution in [0.3, 0.4) is 0 Å². The van der Waals surface area contributed by atoms with Crippen LogP contribution in [0.25, 0.3) is 0 Å². The number of hydrogen-bond acceptors (Lipinski definition) is 3. The van der Waals surface area contributed by atoms with E-state index < -0.39 is 0 Å². The van der Waals surface area contributed by atoms with E-state index in [9.17, 15) is 0 Å². The average molecular weight is 327 g/mol. The topological polar surface area (TPSA) is 38.5 Å². The molecule has 0 aromatic rings. The molecule has 0 heterocycles. The first-order valence-corrected chi connectivity index (χ1v) is 10.3. The van der Waals surface area contributed by atoms with Gasteiger partial charge in [-0.1, -0.05) is 39.0 Å². The molecular formula is C20H42N2O. The van der Waals surface area contributed by atoms with E-state index in [0.29, 0.717) is 6.10 Å². The lowest BCUT2D eigenvalue weighted by molar-refractivity contribution is 0.0170. The summed E-state index contributed by atoms with van der Waals surface area (Å²) in [4.78, 5) is 2.50. The third-order valence-electron chi connectivity index (χ3n) is 5.31. The van der Waals surface area contributed by atoms with E-state index in [-0.39, 0.29) is 0 Å². The molecule has 23 heavy (non-hydrogen) atoms. The van der Waals surface area contributed by atoms with Gasteiger partial charge in [0.05, 0.1) is 6.10 Å². The summed E-state index contributed by atoms with van der Waals surface area (Å²) >= 11 is 0. The predicted octanol–water partition coefficient (Wildman–Crippen LogP) is 4.59. The summed E-state index contributed by atoms with van der Waals surface area (Å²) in [7, 11) is 2.27. The van der Waals surface area contributed by atoms with Crippen molar-refractivity contribution >= 4 is 0 Å². The summed E-state index contributed by atoms with van der Waals surface area (Å²) < 4.78 is 6.03. The number of nitrogens with two attached hydrogens (primary N) is 1. The molecule has 1 aliphatic rings. The summed E-state index contributed by atoms with van der Waals surface area (Å²) in [5, 5.41) is 0. The largest absolute Gasteiger partial charge is 0.378 e. The van der Waals surface area contributed by atoms with Gasteiger partial charge < -0.3 is 15.4 Å². The van der Waals surface area contributed by atoms with Crippen LogP contribution in [-0.4, -0.2) is 44.3 Å². The minimum Gasteiger partial charge on any atom is -0.378 e.